The van der Waals surface area contributed by atoms with E-state index in [0.29, 0.717) is 12.6 Å². The van der Waals surface area contributed by atoms with Gasteiger partial charge < -0.3 is 14.4 Å². The molecule has 0 amide bonds. The first-order chi connectivity index (χ1) is 5.22. The Hall–Kier alpha value is -0.0551. The maximum Gasteiger partial charge on any atom is 0.140 e. The Morgan fingerprint density at radius 1 is 1.64 bits per heavy atom. The second-order valence-electron chi connectivity index (χ2n) is 3.25. The van der Waals surface area contributed by atoms with Crippen molar-refractivity contribution in [1.82, 2.24) is 4.90 Å². The molecule has 11 heavy (non-hydrogen) atoms. The van der Waals surface area contributed by atoms with Crippen molar-refractivity contribution in [2.75, 3.05) is 33.9 Å². The van der Waals surface area contributed by atoms with E-state index in [1.54, 1.807) is 7.11 Å². The van der Waals surface area contributed by atoms with Crippen LogP contribution in [0.3, 0.4) is 0 Å². The van der Waals surface area contributed by atoms with Gasteiger partial charge in [0.15, 0.2) is 0 Å². The van der Waals surface area contributed by atoms with Gasteiger partial charge in [0.25, 0.3) is 0 Å². The molecule has 0 aromatic rings. The predicted octanol–water partition coefficient (Wildman–Crippen LogP) is -1.08. The van der Waals surface area contributed by atoms with Crippen LogP contribution in [0.1, 0.15) is 0 Å². The van der Waals surface area contributed by atoms with Gasteiger partial charge in [0, 0.05) is 26.2 Å². The predicted molar refractivity (Wildman–Crippen MR) is 46.6 cm³/mol. The zero-order valence-electron chi connectivity index (χ0n) is 7.54. The number of hydrogen-bond donors (Lipinski definition) is 0. The third-order valence-electron chi connectivity index (χ3n) is 1.86. The molecule has 1 unspecified atom stereocenters. The van der Waals surface area contributed by atoms with E-state index in [-0.39, 0.29) is 6.10 Å². The second-order valence-corrected chi connectivity index (χ2v) is 3.25. The number of morpholine rings is 1. The molecule has 3 nitrogen and oxygen atoms in total. The minimum absolute atomic E-state index is 0.258. The third kappa shape index (κ3) is 2.81. The van der Waals surface area contributed by atoms with Gasteiger partial charge in [-0.3, -0.25) is 0 Å². The van der Waals surface area contributed by atoms with Crippen LogP contribution < -0.4 is 0 Å². The van der Waals surface area contributed by atoms with Gasteiger partial charge in [-0.15, -0.1) is 0 Å². The van der Waals surface area contributed by atoms with Crippen LogP contribution >= 0.6 is 0 Å². The van der Waals surface area contributed by atoms with Crippen LogP contribution in [0.4, 0.5) is 0 Å². The fourth-order valence-electron chi connectivity index (χ4n) is 1.55. The highest BCUT2D eigenvalue weighted by Gasteiger charge is 2.21. The fourth-order valence-corrected chi connectivity index (χ4v) is 1.55. The molecule has 1 rings (SSSR count). The molecule has 0 aliphatic carbocycles. The number of hydrogen-bond acceptors (Lipinski definition) is 3. The summed E-state index contributed by atoms with van der Waals surface area (Å²) in [5.74, 6) is 0. The van der Waals surface area contributed by atoms with E-state index in [2.05, 4.69) is 19.8 Å². The van der Waals surface area contributed by atoms with E-state index < -0.39 is 0 Å². The molecule has 64 valence electrons. The molecule has 0 aromatic heterocycles. The van der Waals surface area contributed by atoms with Gasteiger partial charge >= 0.3 is 0 Å². The first kappa shape index (κ1) is 9.04. The van der Waals surface area contributed by atoms with E-state index >= 15 is 0 Å². The average Bonchev–Trinajstić information content (AvgIpc) is 1.85. The molecule has 0 saturated carbocycles. The molecule has 0 N–H and O–H groups in total. The molecule has 1 aliphatic rings. The van der Waals surface area contributed by atoms with Crippen LogP contribution in [-0.2, 0) is 9.47 Å². The number of likely N-dealkylation sites (N-methyl/N-ethyl adjacent to an activating group) is 1. The minimum atomic E-state index is 0.258. The molecule has 0 radical (unpaired) electrons. The molecule has 0 aromatic carbocycles. The summed E-state index contributed by atoms with van der Waals surface area (Å²) >= 11 is 0. The SMILES string of the molecule is BC1CN(C)C[C@@H](COC)O1. The van der Waals surface area contributed by atoms with Crippen molar-refractivity contribution >= 4 is 7.85 Å². The largest absolute Gasteiger partial charge is 0.382 e. The lowest BCUT2D eigenvalue weighted by atomic mass is 9.98. The van der Waals surface area contributed by atoms with Crippen molar-refractivity contribution in [2.45, 2.75) is 12.1 Å². The minimum Gasteiger partial charge on any atom is -0.382 e. The summed E-state index contributed by atoms with van der Waals surface area (Å²) in [7, 11) is 5.92. The van der Waals surface area contributed by atoms with Gasteiger partial charge in [0.2, 0.25) is 0 Å². The normalized spacial score (nSPS) is 34.0. The van der Waals surface area contributed by atoms with Gasteiger partial charge in [0.1, 0.15) is 7.85 Å². The van der Waals surface area contributed by atoms with E-state index in [0.717, 1.165) is 13.1 Å². The summed E-state index contributed by atoms with van der Waals surface area (Å²) in [6, 6.07) is 0.342. The Labute approximate surface area is 69.1 Å². The lowest BCUT2D eigenvalue weighted by Crippen LogP contribution is -2.47. The molecular weight excluding hydrogens is 141 g/mol. The molecule has 1 saturated heterocycles. The highest BCUT2D eigenvalue weighted by Crippen LogP contribution is 2.07. The molecule has 0 spiro atoms. The summed E-state index contributed by atoms with van der Waals surface area (Å²) in [5.41, 5.74) is 0. The van der Waals surface area contributed by atoms with Gasteiger partial charge in [-0.2, -0.15) is 0 Å². The van der Waals surface area contributed by atoms with Crippen LogP contribution in [0.15, 0.2) is 0 Å². The molecule has 4 heteroatoms. The van der Waals surface area contributed by atoms with E-state index in [9.17, 15) is 0 Å². The smallest absolute Gasteiger partial charge is 0.140 e. The molecule has 2 atom stereocenters. The van der Waals surface area contributed by atoms with E-state index in [4.69, 9.17) is 9.47 Å². The molecule has 1 fully saturated rings. The van der Waals surface area contributed by atoms with Crippen LogP contribution in [0.5, 0.6) is 0 Å². The second kappa shape index (κ2) is 4.09. The standard InChI is InChI=1S/C7H16BNO2/c1-9-3-6(5-10-2)11-7(8)4-9/h6-7H,3-5,8H2,1-2H3/t6-,7?/m0/s1. The first-order valence-corrected chi connectivity index (χ1v) is 4.05. The summed E-state index contributed by atoms with van der Waals surface area (Å²) in [6.45, 7) is 2.72. The zero-order chi connectivity index (χ0) is 8.27. The van der Waals surface area contributed by atoms with Crippen molar-refractivity contribution in [3.05, 3.63) is 0 Å². The number of methoxy groups -OCH3 is 1. The fraction of sp³-hybridized carbons (Fsp3) is 1.00. The molecule has 1 heterocycles. The van der Waals surface area contributed by atoms with Crippen LogP contribution in [-0.4, -0.2) is 58.7 Å². The number of nitrogens with zero attached hydrogens (tertiary/aromatic N) is 1. The highest BCUT2D eigenvalue weighted by atomic mass is 16.5. The summed E-state index contributed by atoms with van der Waals surface area (Å²) in [5, 5.41) is 0. The van der Waals surface area contributed by atoms with Crippen molar-refractivity contribution in [3.8, 4) is 0 Å². The molecule has 1 aliphatic heterocycles. The Morgan fingerprint density at radius 2 is 2.36 bits per heavy atom. The van der Waals surface area contributed by atoms with Gasteiger partial charge in [-0.25, -0.2) is 0 Å². The van der Waals surface area contributed by atoms with Gasteiger partial charge in [-0.1, -0.05) is 0 Å². The number of ether oxygens (including phenoxy) is 2. The van der Waals surface area contributed by atoms with Crippen LogP contribution in [0.2, 0.25) is 0 Å². The Balaban J connectivity index is 2.30. The van der Waals surface area contributed by atoms with Crippen LogP contribution in [0, 0.1) is 0 Å². The monoisotopic (exact) mass is 157 g/mol. The summed E-state index contributed by atoms with van der Waals surface area (Å²) in [6.07, 6.45) is 0.258. The zero-order valence-corrected chi connectivity index (χ0v) is 7.54. The quantitative estimate of drug-likeness (QED) is 0.476. The van der Waals surface area contributed by atoms with Crippen molar-refractivity contribution < 1.29 is 9.47 Å². The lowest BCUT2D eigenvalue weighted by Gasteiger charge is -2.34. The first-order valence-electron chi connectivity index (χ1n) is 4.05. The van der Waals surface area contributed by atoms with Crippen molar-refractivity contribution in [3.63, 3.8) is 0 Å². The maximum atomic E-state index is 5.63. The highest BCUT2D eigenvalue weighted by molar-refractivity contribution is 6.11. The van der Waals surface area contributed by atoms with Crippen LogP contribution in [0.25, 0.3) is 0 Å². The third-order valence-corrected chi connectivity index (χ3v) is 1.86. The maximum absolute atomic E-state index is 5.63. The molecule has 0 bridgehead atoms. The summed E-state index contributed by atoms with van der Waals surface area (Å²) < 4.78 is 10.7. The Morgan fingerprint density at radius 3 is 2.91 bits per heavy atom. The average molecular weight is 157 g/mol. The van der Waals surface area contributed by atoms with Crippen molar-refractivity contribution in [2.24, 2.45) is 0 Å². The Bertz CT molecular complexity index is 113. The molecular formula is C7H16BNO2. The van der Waals surface area contributed by atoms with E-state index in [1.807, 2.05) is 0 Å². The summed E-state index contributed by atoms with van der Waals surface area (Å²) in [4.78, 5) is 2.28. The van der Waals surface area contributed by atoms with Gasteiger partial charge in [0.05, 0.1) is 12.7 Å². The van der Waals surface area contributed by atoms with E-state index in [1.165, 1.54) is 0 Å². The topological polar surface area (TPSA) is 21.7 Å². The van der Waals surface area contributed by atoms with Gasteiger partial charge in [-0.05, 0) is 7.05 Å². The lowest BCUT2D eigenvalue weighted by molar-refractivity contribution is -0.0717. The number of rotatable bonds is 2. The Kier molecular flexibility index (Phi) is 3.36. The van der Waals surface area contributed by atoms with Crippen molar-refractivity contribution in [1.29, 1.82) is 0 Å².